The van der Waals surface area contributed by atoms with E-state index in [0.29, 0.717) is 12.3 Å². The predicted molar refractivity (Wildman–Crippen MR) is 67.6 cm³/mol. The number of aromatic nitrogens is 1. The number of rotatable bonds is 4. The SMILES string of the molecule is C[C@H](NCc1ccccc1O)c1cccnc1. The second kappa shape index (κ2) is 5.46. The summed E-state index contributed by atoms with van der Waals surface area (Å²) in [5.41, 5.74) is 2.05. The smallest absolute Gasteiger partial charge is 0.120 e. The number of benzene rings is 1. The van der Waals surface area contributed by atoms with Crippen LogP contribution < -0.4 is 5.32 Å². The van der Waals surface area contributed by atoms with Crippen molar-refractivity contribution in [2.45, 2.75) is 19.5 Å². The van der Waals surface area contributed by atoms with Crippen LogP contribution in [0, 0.1) is 0 Å². The van der Waals surface area contributed by atoms with E-state index in [9.17, 15) is 5.11 Å². The van der Waals surface area contributed by atoms with Gasteiger partial charge in [-0.3, -0.25) is 4.98 Å². The molecule has 0 bridgehead atoms. The molecule has 0 aliphatic heterocycles. The van der Waals surface area contributed by atoms with Crippen LogP contribution >= 0.6 is 0 Å². The van der Waals surface area contributed by atoms with Crippen LogP contribution in [0.15, 0.2) is 48.8 Å². The van der Waals surface area contributed by atoms with Crippen LogP contribution in [0.5, 0.6) is 5.75 Å². The van der Waals surface area contributed by atoms with Gasteiger partial charge in [0, 0.05) is 30.5 Å². The van der Waals surface area contributed by atoms with Gasteiger partial charge in [-0.05, 0) is 24.6 Å². The predicted octanol–water partition coefficient (Wildman–Crippen LogP) is 2.64. The zero-order chi connectivity index (χ0) is 12.1. The van der Waals surface area contributed by atoms with Gasteiger partial charge in [0.05, 0.1) is 0 Å². The number of para-hydroxylation sites is 1. The highest BCUT2D eigenvalue weighted by atomic mass is 16.3. The molecule has 0 aliphatic rings. The molecule has 0 amide bonds. The fraction of sp³-hybridized carbons (Fsp3) is 0.214. The van der Waals surface area contributed by atoms with Crippen LogP contribution in [0.3, 0.4) is 0 Å². The second-order valence-corrected chi connectivity index (χ2v) is 4.02. The molecule has 17 heavy (non-hydrogen) atoms. The van der Waals surface area contributed by atoms with Gasteiger partial charge in [-0.1, -0.05) is 24.3 Å². The average Bonchev–Trinajstić information content (AvgIpc) is 2.38. The summed E-state index contributed by atoms with van der Waals surface area (Å²) in [4.78, 5) is 4.09. The fourth-order valence-corrected chi connectivity index (χ4v) is 1.67. The van der Waals surface area contributed by atoms with Gasteiger partial charge in [-0.15, -0.1) is 0 Å². The van der Waals surface area contributed by atoms with Crippen LogP contribution in [0.2, 0.25) is 0 Å². The molecule has 3 nitrogen and oxygen atoms in total. The normalized spacial score (nSPS) is 12.3. The minimum absolute atomic E-state index is 0.211. The second-order valence-electron chi connectivity index (χ2n) is 4.02. The molecule has 0 aliphatic carbocycles. The standard InChI is InChI=1S/C14H16N2O/c1-11(12-6-4-8-15-9-12)16-10-13-5-2-3-7-14(13)17/h2-9,11,16-17H,10H2,1H3/t11-/m0/s1. The van der Waals surface area contributed by atoms with Crippen LogP contribution in [0.25, 0.3) is 0 Å². The van der Waals surface area contributed by atoms with Crippen molar-refractivity contribution in [2.75, 3.05) is 0 Å². The van der Waals surface area contributed by atoms with Gasteiger partial charge in [0.2, 0.25) is 0 Å². The number of phenolic OH excluding ortho intramolecular Hbond substituents is 1. The first-order valence-electron chi connectivity index (χ1n) is 5.67. The van der Waals surface area contributed by atoms with Crippen molar-refractivity contribution in [3.63, 3.8) is 0 Å². The van der Waals surface area contributed by atoms with E-state index in [2.05, 4.69) is 17.2 Å². The summed E-state index contributed by atoms with van der Waals surface area (Å²) in [6.07, 6.45) is 3.61. The quantitative estimate of drug-likeness (QED) is 0.845. The average molecular weight is 228 g/mol. The van der Waals surface area contributed by atoms with E-state index in [1.54, 1.807) is 12.3 Å². The number of nitrogens with zero attached hydrogens (tertiary/aromatic N) is 1. The summed E-state index contributed by atoms with van der Waals surface area (Å²) < 4.78 is 0. The Hall–Kier alpha value is -1.87. The third-order valence-electron chi connectivity index (χ3n) is 2.77. The maximum Gasteiger partial charge on any atom is 0.120 e. The lowest BCUT2D eigenvalue weighted by Crippen LogP contribution is -2.18. The molecule has 1 heterocycles. The lowest BCUT2D eigenvalue weighted by atomic mass is 10.1. The van der Waals surface area contributed by atoms with Crippen LogP contribution in [0.4, 0.5) is 0 Å². The minimum Gasteiger partial charge on any atom is -0.508 e. The Morgan fingerprint density at radius 3 is 2.76 bits per heavy atom. The summed E-state index contributed by atoms with van der Waals surface area (Å²) >= 11 is 0. The third-order valence-corrected chi connectivity index (χ3v) is 2.77. The molecular weight excluding hydrogens is 212 g/mol. The van der Waals surface area contributed by atoms with E-state index in [0.717, 1.165) is 11.1 Å². The van der Waals surface area contributed by atoms with E-state index in [1.807, 2.05) is 36.5 Å². The fourth-order valence-electron chi connectivity index (χ4n) is 1.67. The van der Waals surface area contributed by atoms with Crippen molar-refractivity contribution >= 4 is 0 Å². The molecule has 0 radical (unpaired) electrons. The van der Waals surface area contributed by atoms with Crippen molar-refractivity contribution in [3.8, 4) is 5.75 Å². The zero-order valence-electron chi connectivity index (χ0n) is 9.80. The molecule has 2 aromatic rings. The number of aromatic hydroxyl groups is 1. The number of nitrogens with one attached hydrogen (secondary N) is 1. The Morgan fingerprint density at radius 2 is 2.06 bits per heavy atom. The maximum atomic E-state index is 9.64. The highest BCUT2D eigenvalue weighted by molar-refractivity contribution is 5.31. The number of hydrogen-bond donors (Lipinski definition) is 2. The van der Waals surface area contributed by atoms with Gasteiger partial charge in [0.25, 0.3) is 0 Å². The van der Waals surface area contributed by atoms with Gasteiger partial charge in [0.1, 0.15) is 5.75 Å². The van der Waals surface area contributed by atoms with Crippen molar-refractivity contribution in [1.29, 1.82) is 0 Å². The Bertz CT molecular complexity index is 471. The largest absolute Gasteiger partial charge is 0.508 e. The van der Waals surface area contributed by atoms with E-state index in [-0.39, 0.29) is 6.04 Å². The van der Waals surface area contributed by atoms with Crippen molar-refractivity contribution < 1.29 is 5.11 Å². The minimum atomic E-state index is 0.211. The molecule has 1 aromatic heterocycles. The molecule has 0 saturated heterocycles. The Morgan fingerprint density at radius 1 is 1.24 bits per heavy atom. The van der Waals surface area contributed by atoms with Crippen molar-refractivity contribution in [3.05, 3.63) is 59.9 Å². The van der Waals surface area contributed by atoms with E-state index >= 15 is 0 Å². The molecule has 1 atom stereocenters. The molecule has 0 unspecified atom stereocenters. The summed E-state index contributed by atoms with van der Waals surface area (Å²) in [6, 6.07) is 11.5. The van der Waals surface area contributed by atoms with Crippen LogP contribution in [-0.2, 0) is 6.54 Å². The highest BCUT2D eigenvalue weighted by Gasteiger charge is 2.05. The van der Waals surface area contributed by atoms with E-state index in [1.165, 1.54) is 0 Å². The molecular formula is C14H16N2O. The first-order valence-corrected chi connectivity index (χ1v) is 5.67. The van der Waals surface area contributed by atoms with Gasteiger partial charge in [-0.2, -0.15) is 0 Å². The first kappa shape index (κ1) is 11.6. The maximum absolute atomic E-state index is 9.64. The summed E-state index contributed by atoms with van der Waals surface area (Å²) in [6.45, 7) is 2.72. The molecule has 0 saturated carbocycles. The van der Waals surface area contributed by atoms with E-state index in [4.69, 9.17) is 0 Å². The Balaban J connectivity index is 1.97. The lowest BCUT2D eigenvalue weighted by molar-refractivity contribution is 0.460. The molecule has 2 rings (SSSR count). The number of pyridine rings is 1. The van der Waals surface area contributed by atoms with Gasteiger partial charge in [0.15, 0.2) is 0 Å². The van der Waals surface area contributed by atoms with Crippen LogP contribution in [0.1, 0.15) is 24.1 Å². The summed E-state index contributed by atoms with van der Waals surface area (Å²) in [5.74, 6) is 0.332. The third kappa shape index (κ3) is 3.04. The van der Waals surface area contributed by atoms with Gasteiger partial charge < -0.3 is 10.4 Å². The molecule has 2 N–H and O–H groups in total. The Kier molecular flexibility index (Phi) is 3.73. The zero-order valence-corrected chi connectivity index (χ0v) is 9.80. The van der Waals surface area contributed by atoms with Crippen molar-refractivity contribution in [2.24, 2.45) is 0 Å². The van der Waals surface area contributed by atoms with Crippen LogP contribution in [-0.4, -0.2) is 10.1 Å². The van der Waals surface area contributed by atoms with Crippen molar-refractivity contribution in [1.82, 2.24) is 10.3 Å². The Labute approximate surface area is 101 Å². The first-order chi connectivity index (χ1) is 8.27. The van der Waals surface area contributed by atoms with E-state index < -0.39 is 0 Å². The number of hydrogen-bond acceptors (Lipinski definition) is 3. The summed E-state index contributed by atoms with van der Waals surface area (Å²) in [7, 11) is 0. The molecule has 1 aromatic carbocycles. The number of phenols is 1. The molecule has 0 spiro atoms. The van der Waals surface area contributed by atoms with Gasteiger partial charge >= 0.3 is 0 Å². The van der Waals surface area contributed by atoms with Gasteiger partial charge in [-0.25, -0.2) is 0 Å². The molecule has 3 heteroatoms. The summed E-state index contributed by atoms with van der Waals surface area (Å²) in [5, 5.41) is 13.0. The molecule has 0 fully saturated rings. The monoisotopic (exact) mass is 228 g/mol. The lowest BCUT2D eigenvalue weighted by Gasteiger charge is -2.14. The topological polar surface area (TPSA) is 45.1 Å². The molecule has 88 valence electrons. The highest BCUT2D eigenvalue weighted by Crippen LogP contribution is 2.17.